The average molecular weight is 419 g/mol. The first-order chi connectivity index (χ1) is 13.9. The zero-order valence-electron chi connectivity index (χ0n) is 15.9. The molecule has 1 aliphatic heterocycles. The van der Waals surface area contributed by atoms with E-state index in [4.69, 9.17) is 11.6 Å². The van der Waals surface area contributed by atoms with Crippen LogP contribution in [0.3, 0.4) is 0 Å². The molecule has 1 atom stereocenters. The molecule has 0 radical (unpaired) electrons. The molecule has 29 heavy (non-hydrogen) atoms. The Morgan fingerprint density at radius 1 is 1.41 bits per heavy atom. The van der Waals surface area contributed by atoms with E-state index in [2.05, 4.69) is 20.3 Å². The Hall–Kier alpha value is -2.81. The Morgan fingerprint density at radius 3 is 3.03 bits per heavy atom. The quantitative estimate of drug-likeness (QED) is 0.699. The number of nitrogens with zero attached hydrogens (tertiary/aromatic N) is 5. The molecule has 0 spiro atoms. The summed E-state index contributed by atoms with van der Waals surface area (Å²) in [6, 6.07) is 4.41. The van der Waals surface area contributed by atoms with Crippen LogP contribution >= 0.6 is 11.6 Å². The first-order valence-electron chi connectivity index (χ1n) is 9.43. The second kappa shape index (κ2) is 7.90. The Balaban J connectivity index is 1.48. The molecule has 1 N–H and O–H groups in total. The van der Waals surface area contributed by atoms with Crippen LogP contribution in [0.15, 0.2) is 23.0 Å². The van der Waals surface area contributed by atoms with Crippen LogP contribution in [-0.2, 0) is 17.8 Å². The van der Waals surface area contributed by atoms with Crippen molar-refractivity contribution in [3.05, 3.63) is 50.8 Å². The molecule has 1 aliphatic rings. The van der Waals surface area contributed by atoms with Gasteiger partial charge in [-0.05, 0) is 37.8 Å². The summed E-state index contributed by atoms with van der Waals surface area (Å²) in [5, 5.41) is 8.25. The van der Waals surface area contributed by atoms with Gasteiger partial charge in [-0.2, -0.15) is 0 Å². The van der Waals surface area contributed by atoms with E-state index in [1.807, 2.05) is 0 Å². The summed E-state index contributed by atoms with van der Waals surface area (Å²) in [7, 11) is 0. The molecule has 152 valence electrons. The molecule has 4 rings (SSSR count). The Bertz CT molecular complexity index is 1110. The van der Waals surface area contributed by atoms with Crippen molar-refractivity contribution >= 4 is 28.7 Å². The lowest BCUT2D eigenvalue weighted by Crippen LogP contribution is -2.42. The number of rotatable bonds is 4. The highest BCUT2D eigenvalue weighted by Crippen LogP contribution is 2.23. The third-order valence-electron chi connectivity index (χ3n) is 5.18. The summed E-state index contributed by atoms with van der Waals surface area (Å²) in [6.45, 7) is 3.34. The predicted octanol–water partition coefficient (Wildman–Crippen LogP) is 2.10. The van der Waals surface area contributed by atoms with Gasteiger partial charge in [-0.15, -0.1) is 5.10 Å². The lowest BCUT2D eigenvalue weighted by molar-refractivity contribution is -0.132. The van der Waals surface area contributed by atoms with E-state index in [0.29, 0.717) is 31.1 Å². The summed E-state index contributed by atoms with van der Waals surface area (Å²) in [6.07, 6.45) is 1.68. The second-order valence-corrected chi connectivity index (χ2v) is 7.73. The van der Waals surface area contributed by atoms with E-state index < -0.39 is 5.82 Å². The lowest BCUT2D eigenvalue weighted by atomic mass is 9.97. The molecular formula is C19H20ClFN6O2. The van der Waals surface area contributed by atoms with Crippen LogP contribution in [0.2, 0.25) is 5.02 Å². The minimum Gasteiger partial charge on any atom is -0.342 e. The Morgan fingerprint density at radius 2 is 2.24 bits per heavy atom. The van der Waals surface area contributed by atoms with Crippen molar-refractivity contribution in [2.45, 2.75) is 32.7 Å². The third kappa shape index (κ3) is 4.00. The molecule has 1 fully saturated rings. The highest BCUT2D eigenvalue weighted by molar-refractivity contribution is 6.31. The molecule has 8 nitrogen and oxygen atoms in total. The highest BCUT2D eigenvalue weighted by Gasteiger charge is 2.26. The molecule has 2 aromatic heterocycles. The van der Waals surface area contributed by atoms with Gasteiger partial charge in [0.25, 0.3) is 5.56 Å². The van der Waals surface area contributed by atoms with Crippen molar-refractivity contribution in [1.82, 2.24) is 29.9 Å². The molecule has 0 aliphatic carbocycles. The number of fused-ring (bicyclic) bond motifs is 1. The smallest absolute Gasteiger partial charge is 0.281 e. The van der Waals surface area contributed by atoms with Gasteiger partial charge in [0.2, 0.25) is 5.91 Å². The van der Waals surface area contributed by atoms with Crippen molar-refractivity contribution in [2.75, 3.05) is 13.1 Å². The minimum atomic E-state index is -0.472. The molecule has 0 saturated carbocycles. The number of nitrogens with one attached hydrogen (secondary N) is 1. The largest absolute Gasteiger partial charge is 0.342 e. The van der Waals surface area contributed by atoms with E-state index in [9.17, 15) is 14.0 Å². The van der Waals surface area contributed by atoms with Gasteiger partial charge in [0.1, 0.15) is 11.6 Å². The number of carbonyl (C=O) groups excluding carboxylic acids is 1. The monoisotopic (exact) mass is 418 g/mol. The number of aromatic amines is 1. The topological polar surface area (TPSA) is 96.8 Å². The van der Waals surface area contributed by atoms with Crippen molar-refractivity contribution in [2.24, 2.45) is 5.92 Å². The van der Waals surface area contributed by atoms with Gasteiger partial charge in [-0.1, -0.05) is 22.9 Å². The van der Waals surface area contributed by atoms with E-state index in [-0.39, 0.29) is 39.9 Å². The molecule has 0 bridgehead atoms. The van der Waals surface area contributed by atoms with Gasteiger partial charge in [-0.3, -0.25) is 9.59 Å². The third-order valence-corrected chi connectivity index (χ3v) is 5.54. The predicted molar refractivity (Wildman–Crippen MR) is 105 cm³/mol. The number of amides is 1. The number of aromatic nitrogens is 5. The van der Waals surface area contributed by atoms with Gasteiger partial charge in [0.15, 0.2) is 11.2 Å². The molecule has 3 heterocycles. The van der Waals surface area contributed by atoms with Crippen LogP contribution in [-0.4, -0.2) is 48.9 Å². The van der Waals surface area contributed by atoms with Crippen LogP contribution in [0, 0.1) is 18.7 Å². The number of halogens is 2. The maximum atomic E-state index is 14.0. The molecular weight excluding hydrogens is 399 g/mol. The van der Waals surface area contributed by atoms with Crippen LogP contribution in [0.4, 0.5) is 4.39 Å². The molecule has 0 unspecified atom stereocenters. The second-order valence-electron chi connectivity index (χ2n) is 7.32. The molecule has 10 heteroatoms. The number of piperidine rings is 1. The van der Waals surface area contributed by atoms with Crippen molar-refractivity contribution in [3.8, 4) is 0 Å². The van der Waals surface area contributed by atoms with Gasteiger partial charge in [-0.25, -0.2) is 14.1 Å². The van der Waals surface area contributed by atoms with Gasteiger partial charge >= 0.3 is 0 Å². The summed E-state index contributed by atoms with van der Waals surface area (Å²) in [4.78, 5) is 33.4. The number of hydrogen-bond acceptors (Lipinski definition) is 5. The molecule has 3 aromatic rings. The zero-order valence-corrected chi connectivity index (χ0v) is 16.6. The number of benzene rings is 1. The number of hydrogen-bond donors (Lipinski definition) is 1. The Kier molecular flexibility index (Phi) is 5.31. The van der Waals surface area contributed by atoms with Crippen molar-refractivity contribution in [1.29, 1.82) is 0 Å². The first-order valence-corrected chi connectivity index (χ1v) is 9.81. The van der Waals surface area contributed by atoms with E-state index in [1.165, 1.54) is 12.1 Å². The number of likely N-dealkylation sites (tertiary alicyclic amines) is 1. The van der Waals surface area contributed by atoms with Crippen molar-refractivity contribution < 1.29 is 9.18 Å². The van der Waals surface area contributed by atoms with E-state index >= 15 is 0 Å². The maximum absolute atomic E-state index is 14.0. The fourth-order valence-electron chi connectivity index (χ4n) is 3.75. The number of aryl methyl sites for hydroxylation is 1. The maximum Gasteiger partial charge on any atom is 0.281 e. The van der Waals surface area contributed by atoms with Gasteiger partial charge in [0, 0.05) is 30.2 Å². The highest BCUT2D eigenvalue weighted by atomic mass is 35.5. The van der Waals surface area contributed by atoms with Crippen LogP contribution in [0.5, 0.6) is 0 Å². The summed E-state index contributed by atoms with van der Waals surface area (Å²) in [5.74, 6) is -0.000857. The summed E-state index contributed by atoms with van der Waals surface area (Å²) < 4.78 is 15.6. The van der Waals surface area contributed by atoms with Crippen molar-refractivity contribution in [3.63, 3.8) is 0 Å². The molecule has 1 aromatic carbocycles. The van der Waals surface area contributed by atoms with Crippen LogP contribution in [0.1, 0.15) is 24.2 Å². The van der Waals surface area contributed by atoms with Gasteiger partial charge < -0.3 is 9.88 Å². The molecule has 1 saturated heterocycles. The molecule has 1 amide bonds. The van der Waals surface area contributed by atoms with E-state index in [0.717, 1.165) is 12.8 Å². The van der Waals surface area contributed by atoms with Crippen LogP contribution in [0.25, 0.3) is 11.2 Å². The summed E-state index contributed by atoms with van der Waals surface area (Å²) >= 11 is 6.05. The standard InChI is InChI=1S/C19H20ClFN6O2/c1-11-22-18-17(19(29)23-11)24-25-27(18)10-12-4-3-7-26(9-12)16(28)8-13-14(20)5-2-6-15(13)21/h2,5-6,12H,3-4,7-10H2,1H3,(H,22,23,29)/t12-/m1/s1. The fourth-order valence-corrected chi connectivity index (χ4v) is 3.98. The summed E-state index contributed by atoms with van der Waals surface area (Å²) in [5.41, 5.74) is 0.546. The fraction of sp³-hybridized carbons (Fsp3) is 0.421. The van der Waals surface area contributed by atoms with Crippen LogP contribution < -0.4 is 5.56 Å². The number of carbonyl (C=O) groups is 1. The van der Waals surface area contributed by atoms with Gasteiger partial charge in [0.05, 0.1) is 6.42 Å². The Labute approximate surface area is 170 Å². The SMILES string of the molecule is Cc1nc2c(nnn2C[C@@H]2CCCN(C(=O)Cc3c(F)cccc3Cl)C2)c(=O)[nH]1. The van der Waals surface area contributed by atoms with E-state index in [1.54, 1.807) is 22.6 Å². The number of H-pyrrole nitrogens is 1. The lowest BCUT2D eigenvalue weighted by Gasteiger charge is -2.33. The average Bonchev–Trinajstić information content (AvgIpc) is 3.08. The zero-order chi connectivity index (χ0) is 20.5. The minimum absolute atomic E-state index is 0.0688. The first kappa shape index (κ1) is 19.5. The normalized spacial score (nSPS) is 17.1.